The van der Waals surface area contributed by atoms with Crippen molar-refractivity contribution in [2.24, 2.45) is 0 Å². The largest absolute Gasteiger partial charge is 0.478 e. The normalized spacial score (nSPS) is 25.7. The van der Waals surface area contributed by atoms with Crippen LogP contribution in [-0.4, -0.2) is 38.8 Å². The summed E-state index contributed by atoms with van der Waals surface area (Å²) < 4.78 is 0. The fourth-order valence-electron chi connectivity index (χ4n) is 2.50. The minimum atomic E-state index is -1.66. The number of carbonyl (C=O) groups excluding carboxylic acids is 1. The van der Waals surface area contributed by atoms with Crippen molar-refractivity contribution in [1.29, 1.82) is 0 Å². The fraction of sp³-hybridized carbons (Fsp3) is 0.556. The molecule has 5 nitrogen and oxygen atoms in total. The van der Waals surface area contributed by atoms with E-state index in [9.17, 15) is 19.8 Å². The summed E-state index contributed by atoms with van der Waals surface area (Å²) in [5.41, 5.74) is -1.21. The molecule has 0 aromatic rings. The summed E-state index contributed by atoms with van der Waals surface area (Å²) in [6.07, 6.45) is 8.87. The Morgan fingerprint density at radius 2 is 2.13 bits per heavy atom. The predicted molar refractivity (Wildman–Crippen MR) is 88.0 cm³/mol. The van der Waals surface area contributed by atoms with Gasteiger partial charge in [-0.3, -0.25) is 4.79 Å². The molecule has 3 N–H and O–H groups in total. The maximum atomic E-state index is 11.8. The zero-order valence-corrected chi connectivity index (χ0v) is 13.8. The smallest absolute Gasteiger partial charge is 0.330 e. The van der Waals surface area contributed by atoms with Gasteiger partial charge in [-0.25, -0.2) is 4.79 Å². The molecule has 0 aromatic carbocycles. The lowest BCUT2D eigenvalue weighted by Crippen LogP contribution is -2.47. The molecule has 0 aromatic heterocycles. The Kier molecular flexibility index (Phi) is 7.39. The highest BCUT2D eigenvalue weighted by atomic mass is 16.4. The summed E-state index contributed by atoms with van der Waals surface area (Å²) in [6, 6.07) is 0. The van der Waals surface area contributed by atoms with E-state index < -0.39 is 17.7 Å². The Labute approximate surface area is 137 Å². The molecule has 1 rings (SSSR count). The van der Waals surface area contributed by atoms with E-state index in [4.69, 9.17) is 5.11 Å². The Morgan fingerprint density at radius 1 is 1.43 bits per heavy atom. The second-order valence-electron chi connectivity index (χ2n) is 6.09. The third kappa shape index (κ3) is 5.77. The van der Waals surface area contributed by atoms with Gasteiger partial charge in [0.2, 0.25) is 0 Å². The lowest BCUT2D eigenvalue weighted by molar-refractivity contribution is -0.132. The van der Waals surface area contributed by atoms with Crippen LogP contribution in [0.2, 0.25) is 0 Å². The number of ketones is 1. The van der Waals surface area contributed by atoms with E-state index in [0.717, 1.165) is 25.7 Å². The van der Waals surface area contributed by atoms with Crippen molar-refractivity contribution < 1.29 is 24.9 Å². The van der Waals surface area contributed by atoms with Crippen molar-refractivity contribution in [1.82, 2.24) is 0 Å². The van der Waals surface area contributed by atoms with E-state index in [-0.39, 0.29) is 24.2 Å². The van der Waals surface area contributed by atoms with E-state index in [1.165, 1.54) is 19.1 Å². The molecule has 0 saturated heterocycles. The van der Waals surface area contributed by atoms with E-state index in [2.05, 4.69) is 6.92 Å². The molecule has 0 unspecified atom stereocenters. The molecular weight excluding hydrogens is 296 g/mol. The molecule has 23 heavy (non-hydrogen) atoms. The first-order valence-electron chi connectivity index (χ1n) is 8.01. The zero-order chi connectivity index (χ0) is 17.5. The first-order chi connectivity index (χ1) is 10.8. The average molecular weight is 322 g/mol. The highest BCUT2D eigenvalue weighted by Crippen LogP contribution is 2.31. The number of aliphatic hydroxyl groups excluding tert-OH is 1. The number of rotatable bonds is 8. The molecule has 0 saturated carbocycles. The Morgan fingerprint density at radius 3 is 2.74 bits per heavy atom. The fourth-order valence-corrected chi connectivity index (χ4v) is 2.50. The van der Waals surface area contributed by atoms with E-state index >= 15 is 0 Å². The quantitative estimate of drug-likeness (QED) is 0.471. The van der Waals surface area contributed by atoms with Gasteiger partial charge >= 0.3 is 5.97 Å². The van der Waals surface area contributed by atoms with Crippen molar-refractivity contribution in [3.05, 3.63) is 35.5 Å². The number of carboxylic acid groups (broad SMARTS) is 1. The average Bonchev–Trinajstić information content (AvgIpc) is 2.49. The molecule has 2 atom stereocenters. The number of allylic oxidation sites excluding steroid dienone is 2. The van der Waals surface area contributed by atoms with Gasteiger partial charge in [-0.15, -0.1) is 0 Å². The number of aliphatic hydroxyl groups is 2. The van der Waals surface area contributed by atoms with Crippen LogP contribution in [0.25, 0.3) is 0 Å². The van der Waals surface area contributed by atoms with E-state index in [0.29, 0.717) is 5.57 Å². The van der Waals surface area contributed by atoms with Gasteiger partial charge in [-0.05, 0) is 37.8 Å². The maximum Gasteiger partial charge on any atom is 0.330 e. The van der Waals surface area contributed by atoms with Crippen LogP contribution in [0.15, 0.2) is 35.5 Å². The maximum absolute atomic E-state index is 11.8. The minimum Gasteiger partial charge on any atom is -0.478 e. The number of unbranched alkanes of at least 4 members (excludes halogenated alkanes) is 3. The summed E-state index contributed by atoms with van der Waals surface area (Å²) in [5, 5.41) is 29.8. The van der Waals surface area contributed by atoms with Crippen LogP contribution in [0.4, 0.5) is 0 Å². The van der Waals surface area contributed by atoms with Crippen molar-refractivity contribution in [2.45, 2.75) is 64.1 Å². The van der Waals surface area contributed by atoms with Crippen molar-refractivity contribution in [2.75, 3.05) is 0 Å². The number of aliphatic carboxylic acids is 1. The molecular formula is C18H26O5. The second kappa shape index (κ2) is 8.79. The molecule has 0 radical (unpaired) electrons. The van der Waals surface area contributed by atoms with Gasteiger partial charge < -0.3 is 15.3 Å². The summed E-state index contributed by atoms with van der Waals surface area (Å²) in [7, 11) is 0. The summed E-state index contributed by atoms with van der Waals surface area (Å²) in [5.74, 6) is -1.36. The number of hydrogen-bond donors (Lipinski definition) is 3. The third-order valence-corrected chi connectivity index (χ3v) is 4.02. The minimum absolute atomic E-state index is 0.0734. The Hall–Kier alpha value is -1.72. The van der Waals surface area contributed by atoms with E-state index in [1.54, 1.807) is 6.08 Å². The van der Waals surface area contributed by atoms with Gasteiger partial charge in [0.05, 0.1) is 0 Å². The third-order valence-electron chi connectivity index (χ3n) is 4.02. The van der Waals surface area contributed by atoms with Gasteiger partial charge in [0.15, 0.2) is 5.78 Å². The molecule has 0 amide bonds. The molecule has 0 heterocycles. The zero-order valence-electron chi connectivity index (χ0n) is 13.8. The van der Waals surface area contributed by atoms with Gasteiger partial charge in [0, 0.05) is 12.0 Å². The van der Waals surface area contributed by atoms with Crippen LogP contribution in [-0.2, 0) is 9.59 Å². The molecule has 0 fully saturated rings. The van der Waals surface area contributed by atoms with Crippen LogP contribution in [0.3, 0.4) is 0 Å². The van der Waals surface area contributed by atoms with Crippen molar-refractivity contribution >= 4 is 11.8 Å². The van der Waals surface area contributed by atoms with Crippen molar-refractivity contribution in [3.8, 4) is 0 Å². The van der Waals surface area contributed by atoms with Crippen LogP contribution in [0.1, 0.15) is 52.4 Å². The summed E-state index contributed by atoms with van der Waals surface area (Å²) in [6.45, 7) is 3.52. The standard InChI is InChI=1S/C18H26O5/c1-3-4-5-6-7-8-14-11-15(19)12-18(23,16(14)20)10-9-13(2)17(21)22/h7-9,11,16,20,23H,3-6,10,12H2,1-2H3,(H,21,22)/b8-7+,13-9+/t16-,18+/m1/s1. The summed E-state index contributed by atoms with van der Waals surface area (Å²) in [4.78, 5) is 22.6. The Balaban J connectivity index is 2.81. The van der Waals surface area contributed by atoms with Gasteiger partial charge in [0.25, 0.3) is 0 Å². The monoisotopic (exact) mass is 322 g/mol. The van der Waals surface area contributed by atoms with Crippen LogP contribution in [0, 0.1) is 0 Å². The van der Waals surface area contributed by atoms with Gasteiger partial charge in [-0.1, -0.05) is 38.0 Å². The van der Waals surface area contributed by atoms with Crippen LogP contribution in [0.5, 0.6) is 0 Å². The molecule has 5 heteroatoms. The summed E-state index contributed by atoms with van der Waals surface area (Å²) >= 11 is 0. The Bertz CT molecular complexity index is 530. The molecule has 128 valence electrons. The molecule has 0 bridgehead atoms. The number of hydrogen-bond acceptors (Lipinski definition) is 4. The second-order valence-corrected chi connectivity index (χ2v) is 6.09. The predicted octanol–water partition coefficient (Wildman–Crippen LogP) is 2.54. The lowest BCUT2D eigenvalue weighted by atomic mass is 9.78. The molecule has 1 aliphatic carbocycles. The van der Waals surface area contributed by atoms with Crippen molar-refractivity contribution in [3.63, 3.8) is 0 Å². The van der Waals surface area contributed by atoms with Gasteiger partial charge in [-0.2, -0.15) is 0 Å². The van der Waals surface area contributed by atoms with E-state index in [1.807, 2.05) is 6.08 Å². The highest BCUT2D eigenvalue weighted by molar-refractivity contribution is 5.93. The SMILES string of the molecule is CCCCC/C=C/C1=CC(=O)C[C@@](O)(C/C=C(\C)C(=O)O)[C@@H]1O. The van der Waals surface area contributed by atoms with Gasteiger partial charge in [0.1, 0.15) is 11.7 Å². The highest BCUT2D eigenvalue weighted by Gasteiger charge is 2.41. The molecule has 0 aliphatic heterocycles. The number of carbonyl (C=O) groups is 2. The first-order valence-corrected chi connectivity index (χ1v) is 8.01. The molecule has 1 aliphatic rings. The molecule has 0 spiro atoms. The topological polar surface area (TPSA) is 94.8 Å². The van der Waals surface area contributed by atoms with Crippen LogP contribution < -0.4 is 0 Å². The van der Waals surface area contributed by atoms with Crippen LogP contribution >= 0.6 is 0 Å². The number of carboxylic acids is 1. The first kappa shape index (κ1) is 19.3. The lowest BCUT2D eigenvalue weighted by Gasteiger charge is -2.35.